The maximum Gasteiger partial charge on any atom is 0.416 e. The second kappa shape index (κ2) is 17.2. The van der Waals surface area contributed by atoms with Crippen molar-refractivity contribution in [3.8, 4) is 16.9 Å². The maximum atomic E-state index is 13.6. The number of carbonyl (C=O) groups excluding carboxylic acids is 3. The summed E-state index contributed by atoms with van der Waals surface area (Å²) in [5.41, 5.74) is 6.97. The van der Waals surface area contributed by atoms with E-state index in [4.69, 9.17) is 4.74 Å². The average Bonchev–Trinajstić information content (AvgIpc) is 3.75. The molecular weight excluding hydrogens is 836 g/mol. The van der Waals surface area contributed by atoms with Crippen molar-refractivity contribution in [1.29, 1.82) is 0 Å². The number of alkyl halides is 3. The number of ether oxygens (including phenoxy) is 1. The number of hydrogen-bond acceptors (Lipinski definition) is 6. The van der Waals surface area contributed by atoms with Crippen LogP contribution < -0.4 is 21.5 Å². The lowest BCUT2D eigenvalue weighted by Crippen LogP contribution is -2.42. The van der Waals surface area contributed by atoms with Crippen LogP contribution >= 0.6 is 0 Å². The van der Waals surface area contributed by atoms with E-state index < -0.39 is 46.5 Å². The molecule has 5 aromatic carbocycles. The molecule has 4 atom stereocenters. The highest BCUT2D eigenvalue weighted by Gasteiger charge is 2.42. The number of hydrogen-bond donors (Lipinski definition) is 2. The molecule has 0 spiro atoms. The van der Waals surface area contributed by atoms with Gasteiger partial charge in [-0.05, 0) is 102 Å². The predicted molar refractivity (Wildman–Crippen MR) is 240 cm³/mol. The van der Waals surface area contributed by atoms with Crippen LogP contribution in [0.15, 0.2) is 137 Å². The van der Waals surface area contributed by atoms with Crippen LogP contribution in [0.1, 0.15) is 95.6 Å². The molecule has 2 heterocycles. The molecule has 332 valence electrons. The van der Waals surface area contributed by atoms with Crippen molar-refractivity contribution < 1.29 is 32.3 Å². The Morgan fingerprint density at radius 3 is 1.94 bits per heavy atom. The number of carbonyl (C=O) groups is 3. The third kappa shape index (κ3) is 8.88. The minimum Gasteiger partial charge on any atom is -0.426 e. The fraction of sp³-hybridized carbons (Fsp3) is 0.235. The summed E-state index contributed by atoms with van der Waals surface area (Å²) in [6, 6.07) is 33.0. The standard InChI is InChI=1S/C27H21F3N2O2.C24H25N3O4/c1-16-12-19(14-20(13-16)27(28,29)30)21-9-5-8-18-10-11-22(17-6-3-2-4-7-17)26(25(18)21)32-24(34)15-23(33)31-32;1-24(2,3)21(28)31-17-12-10-16-11-13-18(15-8-6-5-7-9-15)20(19(16)14-17)27-23(30)26(4)22(29)25-27/h2-14,22,26H,15H2,1H3,(H,31,33);5-14,18,20H,1-4H3,(H,25,29)/t22-,26-;18-,20-/m11/s1. The van der Waals surface area contributed by atoms with Gasteiger partial charge in [0.1, 0.15) is 12.2 Å². The van der Waals surface area contributed by atoms with Crippen LogP contribution in [0, 0.1) is 12.3 Å². The molecule has 0 saturated carbocycles. The van der Waals surface area contributed by atoms with E-state index >= 15 is 0 Å². The van der Waals surface area contributed by atoms with Crippen molar-refractivity contribution in [1.82, 2.24) is 24.8 Å². The minimum absolute atomic E-state index is 0.196. The van der Waals surface area contributed by atoms with Crippen molar-refractivity contribution in [3.63, 3.8) is 0 Å². The Balaban J connectivity index is 0.000000178. The van der Waals surface area contributed by atoms with Gasteiger partial charge in [-0.1, -0.05) is 115 Å². The lowest BCUT2D eigenvalue weighted by molar-refractivity contribution is -0.143. The van der Waals surface area contributed by atoms with Gasteiger partial charge in [0, 0.05) is 18.9 Å². The number of hydrazine groups is 1. The van der Waals surface area contributed by atoms with Crippen molar-refractivity contribution in [2.75, 3.05) is 0 Å². The van der Waals surface area contributed by atoms with Gasteiger partial charge in [-0.3, -0.25) is 19.8 Å². The molecule has 1 fully saturated rings. The van der Waals surface area contributed by atoms with Gasteiger partial charge in [0.05, 0.1) is 23.1 Å². The van der Waals surface area contributed by atoms with Gasteiger partial charge in [0.25, 0.3) is 5.91 Å². The first-order valence-electron chi connectivity index (χ1n) is 21.0. The molecule has 0 radical (unpaired) electrons. The van der Waals surface area contributed by atoms with Crippen molar-refractivity contribution in [2.45, 2.75) is 64.2 Å². The summed E-state index contributed by atoms with van der Waals surface area (Å²) >= 11 is 0. The molecule has 11 nitrogen and oxygen atoms in total. The predicted octanol–water partition coefficient (Wildman–Crippen LogP) is 9.02. The summed E-state index contributed by atoms with van der Waals surface area (Å²) in [4.78, 5) is 62.4. The lowest BCUT2D eigenvalue weighted by atomic mass is 9.77. The van der Waals surface area contributed by atoms with Gasteiger partial charge in [0.15, 0.2) is 0 Å². The Labute approximate surface area is 372 Å². The summed E-state index contributed by atoms with van der Waals surface area (Å²) < 4.78 is 48.8. The fourth-order valence-electron chi connectivity index (χ4n) is 8.57. The number of aromatic amines is 1. The Kier molecular flexibility index (Phi) is 11.7. The quantitative estimate of drug-likeness (QED) is 0.0975. The third-order valence-corrected chi connectivity index (χ3v) is 11.8. The first-order valence-corrected chi connectivity index (χ1v) is 21.0. The first kappa shape index (κ1) is 44.1. The summed E-state index contributed by atoms with van der Waals surface area (Å²) in [5.74, 6) is -1.22. The number of nitrogens with one attached hydrogen (secondary N) is 2. The van der Waals surface area contributed by atoms with E-state index in [0.717, 1.165) is 44.5 Å². The molecule has 65 heavy (non-hydrogen) atoms. The zero-order valence-electron chi connectivity index (χ0n) is 36.2. The van der Waals surface area contributed by atoms with E-state index in [1.54, 1.807) is 58.0 Å². The highest BCUT2D eigenvalue weighted by Crippen LogP contribution is 2.48. The number of allylic oxidation sites excluding steroid dienone is 1. The molecule has 2 aliphatic carbocycles. The number of amides is 2. The van der Waals surface area contributed by atoms with Crippen molar-refractivity contribution in [2.24, 2.45) is 12.5 Å². The summed E-state index contributed by atoms with van der Waals surface area (Å²) in [5, 5.41) is 4.02. The number of aromatic nitrogens is 3. The number of nitrogens with zero attached hydrogens (tertiary/aromatic N) is 3. The zero-order valence-corrected chi connectivity index (χ0v) is 36.2. The fourth-order valence-corrected chi connectivity index (χ4v) is 8.57. The normalized spacial score (nSPS) is 18.9. The van der Waals surface area contributed by atoms with E-state index in [9.17, 15) is 37.1 Å². The number of H-pyrrole nitrogens is 1. The lowest BCUT2D eigenvalue weighted by Gasteiger charge is -2.37. The van der Waals surface area contributed by atoms with Gasteiger partial charge in [-0.2, -0.15) is 13.2 Å². The molecule has 3 aliphatic rings. The van der Waals surface area contributed by atoms with Crippen LogP contribution in [0.4, 0.5) is 13.2 Å². The Morgan fingerprint density at radius 1 is 0.738 bits per heavy atom. The van der Waals surface area contributed by atoms with E-state index in [2.05, 4.69) is 10.5 Å². The number of fused-ring (bicyclic) bond motifs is 2. The smallest absolute Gasteiger partial charge is 0.416 e. The van der Waals surface area contributed by atoms with Crippen LogP contribution in [0.5, 0.6) is 5.75 Å². The first-order chi connectivity index (χ1) is 30.9. The number of rotatable bonds is 6. The van der Waals surface area contributed by atoms with Gasteiger partial charge in [-0.25, -0.2) is 28.9 Å². The molecule has 1 saturated heterocycles. The Morgan fingerprint density at radius 2 is 1.37 bits per heavy atom. The topological polar surface area (TPSA) is 136 Å². The molecule has 2 amide bonds. The number of esters is 1. The van der Waals surface area contributed by atoms with Gasteiger partial charge in [-0.15, -0.1) is 0 Å². The molecule has 0 unspecified atom stereocenters. The van der Waals surface area contributed by atoms with Crippen LogP contribution in [0.2, 0.25) is 0 Å². The van der Waals surface area contributed by atoms with E-state index in [0.29, 0.717) is 28.0 Å². The van der Waals surface area contributed by atoms with Gasteiger partial charge in [0.2, 0.25) is 5.91 Å². The molecule has 1 aromatic heterocycles. The third-order valence-electron chi connectivity index (χ3n) is 11.8. The average molecular weight is 882 g/mol. The van der Waals surface area contributed by atoms with Crippen LogP contribution in [0.25, 0.3) is 23.3 Å². The summed E-state index contributed by atoms with van der Waals surface area (Å²) in [6.45, 7) is 7.00. The summed E-state index contributed by atoms with van der Waals surface area (Å²) in [7, 11) is 1.44. The largest absolute Gasteiger partial charge is 0.426 e. The Hall–Kier alpha value is -7.48. The Bertz CT molecular complexity index is 3000. The van der Waals surface area contributed by atoms with Crippen molar-refractivity contribution >= 4 is 29.9 Å². The molecule has 2 N–H and O–H groups in total. The SMILES string of the molecule is Cc1cc(-c2cccc3c2[C@H](N2NC(=O)CC2=O)[C@@H](c2ccccc2)C=C3)cc(C(F)(F)F)c1.Cn1c(=O)[nH]n([C@H]2c3cc(OC(=O)C(C)(C)C)ccc3C=C[C@@H]2c2ccccc2)c1=O. The van der Waals surface area contributed by atoms with Crippen LogP contribution in [-0.4, -0.2) is 37.1 Å². The molecular formula is C51H46F3N5O6. The maximum absolute atomic E-state index is 13.6. The van der Waals surface area contributed by atoms with Crippen molar-refractivity contribution in [3.05, 3.63) is 193 Å². The van der Waals surface area contributed by atoms with Crippen LogP contribution in [0.3, 0.4) is 0 Å². The van der Waals surface area contributed by atoms with Crippen LogP contribution in [-0.2, 0) is 27.6 Å². The number of benzene rings is 5. The zero-order chi connectivity index (χ0) is 46.4. The molecule has 9 rings (SSSR count). The van der Waals surface area contributed by atoms with E-state index in [-0.39, 0.29) is 30.1 Å². The highest BCUT2D eigenvalue weighted by atomic mass is 19.4. The molecule has 1 aliphatic heterocycles. The highest BCUT2D eigenvalue weighted by molar-refractivity contribution is 6.02. The monoisotopic (exact) mass is 881 g/mol. The van der Waals surface area contributed by atoms with E-state index in [1.165, 1.54) is 16.7 Å². The number of halogens is 3. The summed E-state index contributed by atoms with van der Waals surface area (Å²) in [6.07, 6.45) is 3.17. The number of aryl methyl sites for hydroxylation is 1. The second-order valence-electron chi connectivity index (χ2n) is 17.4. The molecule has 6 aromatic rings. The minimum atomic E-state index is -4.49. The second-order valence-corrected chi connectivity index (χ2v) is 17.4. The molecule has 0 bridgehead atoms. The van der Waals surface area contributed by atoms with Gasteiger partial charge >= 0.3 is 23.5 Å². The van der Waals surface area contributed by atoms with Gasteiger partial charge < -0.3 is 4.74 Å². The van der Waals surface area contributed by atoms with E-state index in [1.807, 2.05) is 97.1 Å². The molecule has 14 heteroatoms.